The first-order valence-electron chi connectivity index (χ1n) is 10.4. The third-order valence-electron chi connectivity index (χ3n) is 5.57. The molecule has 1 aliphatic carbocycles. The van der Waals surface area contributed by atoms with E-state index in [0.717, 1.165) is 17.7 Å². The predicted octanol–water partition coefficient (Wildman–Crippen LogP) is 5.61. The quantitative estimate of drug-likeness (QED) is 0.416. The molecule has 6 nitrogen and oxygen atoms in total. The number of benzene rings is 2. The minimum absolute atomic E-state index is 0.0435. The highest BCUT2D eigenvalue weighted by Gasteiger charge is 2.51. The van der Waals surface area contributed by atoms with Crippen molar-refractivity contribution in [1.29, 1.82) is 0 Å². The van der Waals surface area contributed by atoms with Gasteiger partial charge in [0.1, 0.15) is 17.8 Å². The van der Waals surface area contributed by atoms with Crippen molar-refractivity contribution in [3.63, 3.8) is 0 Å². The summed E-state index contributed by atoms with van der Waals surface area (Å²) in [5, 5.41) is 2.79. The Morgan fingerprint density at radius 1 is 1.06 bits per heavy atom. The van der Waals surface area contributed by atoms with Gasteiger partial charge < -0.3 is 10.1 Å². The number of nitrogens with one attached hydrogen (secondary N) is 1. The van der Waals surface area contributed by atoms with E-state index in [0.29, 0.717) is 18.4 Å². The summed E-state index contributed by atoms with van der Waals surface area (Å²) < 4.78 is 45.1. The molecular weight excluding hydrogens is 471 g/mol. The fourth-order valence-electron chi connectivity index (χ4n) is 3.47. The molecule has 0 unspecified atom stereocenters. The van der Waals surface area contributed by atoms with Gasteiger partial charge in [0.05, 0.1) is 16.5 Å². The summed E-state index contributed by atoms with van der Waals surface area (Å²) in [6.45, 7) is 0.207. The molecule has 176 valence electrons. The van der Waals surface area contributed by atoms with E-state index in [9.17, 15) is 22.8 Å². The van der Waals surface area contributed by atoms with Crippen LogP contribution in [0, 0.1) is 5.41 Å². The van der Waals surface area contributed by atoms with Gasteiger partial charge in [0.25, 0.3) is 0 Å². The molecule has 4 rings (SSSR count). The van der Waals surface area contributed by atoms with Gasteiger partial charge in [-0.3, -0.25) is 9.59 Å². The van der Waals surface area contributed by atoms with Gasteiger partial charge in [-0.25, -0.2) is 9.97 Å². The van der Waals surface area contributed by atoms with E-state index in [-0.39, 0.29) is 41.2 Å². The number of halogens is 4. The molecule has 34 heavy (non-hydrogen) atoms. The fourth-order valence-corrected chi connectivity index (χ4v) is 3.64. The lowest BCUT2D eigenvalue weighted by Gasteiger charge is -2.15. The molecule has 10 heteroatoms. The van der Waals surface area contributed by atoms with Crippen LogP contribution in [0.5, 0.6) is 11.5 Å². The van der Waals surface area contributed by atoms with E-state index in [1.165, 1.54) is 36.9 Å². The second kappa shape index (κ2) is 9.42. The van der Waals surface area contributed by atoms with Crippen molar-refractivity contribution in [2.75, 3.05) is 0 Å². The number of hydrogen-bond donors (Lipinski definition) is 1. The first-order chi connectivity index (χ1) is 16.2. The Balaban J connectivity index is 1.35. The third kappa shape index (κ3) is 5.53. The summed E-state index contributed by atoms with van der Waals surface area (Å²) in [4.78, 5) is 32.8. The summed E-state index contributed by atoms with van der Waals surface area (Å²) >= 11 is 5.69. The third-order valence-corrected chi connectivity index (χ3v) is 5.80. The average molecular weight is 490 g/mol. The maximum atomic E-state index is 13.2. The van der Waals surface area contributed by atoms with Gasteiger partial charge >= 0.3 is 6.18 Å². The molecule has 0 bridgehead atoms. The number of rotatable bonds is 8. The van der Waals surface area contributed by atoms with Crippen molar-refractivity contribution < 1.29 is 27.5 Å². The van der Waals surface area contributed by atoms with Crippen LogP contribution in [0.3, 0.4) is 0 Å². The smallest absolute Gasteiger partial charge is 0.420 e. The molecule has 1 saturated carbocycles. The van der Waals surface area contributed by atoms with Crippen LogP contribution in [-0.4, -0.2) is 21.7 Å². The van der Waals surface area contributed by atoms with Crippen molar-refractivity contribution in [2.45, 2.75) is 32.0 Å². The van der Waals surface area contributed by atoms with Gasteiger partial charge in [-0.2, -0.15) is 13.2 Å². The Hall–Kier alpha value is -3.46. The highest BCUT2D eigenvalue weighted by Crippen LogP contribution is 2.49. The molecule has 0 aliphatic heterocycles. The summed E-state index contributed by atoms with van der Waals surface area (Å²) in [6.07, 6.45) is 0.891. The highest BCUT2D eigenvalue weighted by molar-refractivity contribution is 6.30. The first kappa shape index (κ1) is 23.7. The molecule has 2 aromatic carbocycles. The Morgan fingerprint density at radius 2 is 1.74 bits per heavy atom. The number of Topliss-reactive ketones (excluding diaryl/α,β-unsaturated/α-hetero) is 1. The van der Waals surface area contributed by atoms with Crippen LogP contribution < -0.4 is 10.1 Å². The predicted molar refractivity (Wildman–Crippen MR) is 117 cm³/mol. The van der Waals surface area contributed by atoms with Crippen molar-refractivity contribution in [3.8, 4) is 11.5 Å². The van der Waals surface area contributed by atoms with Crippen LogP contribution in [0.25, 0.3) is 0 Å². The zero-order valence-corrected chi connectivity index (χ0v) is 18.5. The Bertz CT molecular complexity index is 1200. The van der Waals surface area contributed by atoms with Crippen LogP contribution in [0.15, 0.2) is 61.2 Å². The van der Waals surface area contributed by atoms with Crippen molar-refractivity contribution in [1.82, 2.24) is 15.3 Å². The molecule has 1 N–H and O–H groups in total. The van der Waals surface area contributed by atoms with E-state index in [1.807, 2.05) is 0 Å². The summed E-state index contributed by atoms with van der Waals surface area (Å²) in [7, 11) is 0. The lowest BCUT2D eigenvalue weighted by Crippen LogP contribution is -2.33. The standard InChI is InChI=1S/C24H19ClF3N3O3/c25-17-3-6-21(19(9-17)24(26,27)28)34-18-4-1-15(2-5-18)11-31-22(33)23(7-8-23)10-20(32)16-12-29-14-30-13-16/h1-6,9,12-14H,7-8,10-11H2,(H,31,33). The zero-order chi connectivity index (χ0) is 24.3. The van der Waals surface area contributed by atoms with Gasteiger partial charge in [-0.15, -0.1) is 0 Å². The maximum Gasteiger partial charge on any atom is 0.420 e. The minimum atomic E-state index is -4.61. The molecule has 1 fully saturated rings. The molecular formula is C24H19ClF3N3O3. The van der Waals surface area contributed by atoms with E-state index in [1.54, 1.807) is 12.1 Å². The first-order valence-corrected chi connectivity index (χ1v) is 10.7. The van der Waals surface area contributed by atoms with E-state index in [4.69, 9.17) is 16.3 Å². The topological polar surface area (TPSA) is 81.2 Å². The lowest BCUT2D eigenvalue weighted by atomic mass is 9.95. The monoisotopic (exact) mass is 489 g/mol. The molecule has 1 aliphatic rings. The molecule has 0 atom stereocenters. The van der Waals surface area contributed by atoms with Crippen LogP contribution in [0.1, 0.15) is 40.7 Å². The van der Waals surface area contributed by atoms with E-state index >= 15 is 0 Å². The number of carbonyl (C=O) groups excluding carboxylic acids is 2. The van der Waals surface area contributed by atoms with Gasteiger partial charge in [0.2, 0.25) is 5.91 Å². The average Bonchev–Trinajstić information content (AvgIpc) is 3.60. The van der Waals surface area contributed by atoms with Gasteiger partial charge in [0.15, 0.2) is 5.78 Å². The minimum Gasteiger partial charge on any atom is -0.457 e. The number of carbonyl (C=O) groups is 2. The Kier molecular flexibility index (Phi) is 6.56. The molecule has 0 saturated heterocycles. The molecule has 1 aromatic heterocycles. The molecule has 0 spiro atoms. The Morgan fingerprint density at radius 3 is 2.35 bits per heavy atom. The second-order valence-corrected chi connectivity index (χ2v) is 8.51. The number of aromatic nitrogens is 2. The van der Waals surface area contributed by atoms with Crippen LogP contribution in [0.2, 0.25) is 5.02 Å². The number of nitrogens with zero attached hydrogens (tertiary/aromatic N) is 2. The Labute approximate surface area is 198 Å². The largest absolute Gasteiger partial charge is 0.457 e. The second-order valence-electron chi connectivity index (χ2n) is 8.07. The molecule has 1 heterocycles. The van der Waals surface area contributed by atoms with Crippen molar-refractivity contribution >= 4 is 23.3 Å². The van der Waals surface area contributed by atoms with Gasteiger partial charge in [0, 0.05) is 30.4 Å². The number of alkyl halides is 3. The van der Waals surface area contributed by atoms with Crippen LogP contribution >= 0.6 is 11.6 Å². The number of ketones is 1. The van der Waals surface area contributed by atoms with Crippen molar-refractivity contribution in [2.24, 2.45) is 5.41 Å². The molecule has 0 radical (unpaired) electrons. The number of amides is 1. The van der Waals surface area contributed by atoms with Crippen molar-refractivity contribution in [3.05, 3.63) is 82.9 Å². The summed E-state index contributed by atoms with van der Waals surface area (Å²) in [6, 6.07) is 9.61. The van der Waals surface area contributed by atoms with Crippen LogP contribution in [0.4, 0.5) is 13.2 Å². The van der Waals surface area contributed by atoms with Crippen LogP contribution in [-0.2, 0) is 17.5 Å². The fraction of sp³-hybridized carbons (Fsp3) is 0.250. The summed E-state index contributed by atoms with van der Waals surface area (Å²) in [5.74, 6) is -0.552. The maximum absolute atomic E-state index is 13.2. The number of ether oxygens (including phenoxy) is 1. The van der Waals surface area contributed by atoms with Gasteiger partial charge in [-0.05, 0) is 48.7 Å². The molecule has 3 aromatic rings. The summed E-state index contributed by atoms with van der Waals surface area (Å²) in [5.41, 5.74) is -0.598. The highest BCUT2D eigenvalue weighted by atomic mass is 35.5. The van der Waals surface area contributed by atoms with E-state index in [2.05, 4.69) is 15.3 Å². The number of hydrogen-bond acceptors (Lipinski definition) is 5. The normalized spacial score (nSPS) is 14.4. The van der Waals surface area contributed by atoms with E-state index < -0.39 is 17.2 Å². The van der Waals surface area contributed by atoms with Gasteiger partial charge in [-0.1, -0.05) is 23.7 Å². The zero-order valence-electron chi connectivity index (χ0n) is 17.7. The molecule has 1 amide bonds. The SMILES string of the molecule is O=C(CC1(C(=O)NCc2ccc(Oc3ccc(Cl)cc3C(F)(F)F)cc2)CC1)c1cncnc1. The lowest BCUT2D eigenvalue weighted by molar-refractivity contribution is -0.138.